The molecule has 176 valence electrons. The molecule has 7 heteroatoms. The van der Waals surface area contributed by atoms with Crippen LogP contribution in [0.4, 0.5) is 0 Å². The standard InChI is InChI=1S/C26H33ClN4OS/c1-4-13-31(18-20-16-22(20)23-17-21(27)11-12-24(23)32-3)14-8-15-33-26-29-28-25(30(26)2)19-9-6-5-7-10-19/h5-7,9-12,17,20,22H,4,8,13-16,18H2,1-3H3. The molecule has 0 saturated heterocycles. The molecule has 1 aromatic heterocycles. The van der Waals surface area contributed by atoms with E-state index in [2.05, 4.69) is 44.8 Å². The SMILES string of the molecule is CCCN(CCCSc1nnc(-c2ccccc2)n1C)CC1CC1c1cc(Cl)ccc1OC. The average molecular weight is 485 g/mol. The molecule has 1 saturated carbocycles. The van der Waals surface area contributed by atoms with E-state index in [1.54, 1.807) is 18.9 Å². The van der Waals surface area contributed by atoms with E-state index in [1.807, 2.05) is 37.4 Å². The maximum absolute atomic E-state index is 6.25. The minimum absolute atomic E-state index is 0.558. The Morgan fingerprint density at radius 2 is 1.97 bits per heavy atom. The molecule has 33 heavy (non-hydrogen) atoms. The van der Waals surface area contributed by atoms with Gasteiger partial charge in [-0.05, 0) is 68.0 Å². The van der Waals surface area contributed by atoms with Crippen molar-refractivity contribution in [3.8, 4) is 17.1 Å². The van der Waals surface area contributed by atoms with Crippen LogP contribution in [0, 0.1) is 5.92 Å². The van der Waals surface area contributed by atoms with Crippen molar-refractivity contribution in [1.29, 1.82) is 0 Å². The highest BCUT2D eigenvalue weighted by Crippen LogP contribution is 2.51. The molecule has 1 aliphatic carbocycles. The monoisotopic (exact) mass is 484 g/mol. The van der Waals surface area contributed by atoms with Gasteiger partial charge in [0, 0.05) is 29.9 Å². The smallest absolute Gasteiger partial charge is 0.191 e. The lowest BCUT2D eigenvalue weighted by Gasteiger charge is -2.22. The minimum atomic E-state index is 0.558. The largest absolute Gasteiger partial charge is 0.496 e. The number of halogens is 1. The molecule has 1 fully saturated rings. The summed E-state index contributed by atoms with van der Waals surface area (Å²) >= 11 is 8.04. The fraction of sp³-hybridized carbons (Fsp3) is 0.462. The maximum Gasteiger partial charge on any atom is 0.191 e. The van der Waals surface area contributed by atoms with Crippen molar-refractivity contribution in [1.82, 2.24) is 19.7 Å². The molecule has 1 heterocycles. The lowest BCUT2D eigenvalue weighted by atomic mass is 10.1. The molecule has 0 aliphatic heterocycles. The van der Waals surface area contributed by atoms with Gasteiger partial charge in [-0.1, -0.05) is 60.6 Å². The summed E-state index contributed by atoms with van der Waals surface area (Å²) in [5.41, 5.74) is 2.36. The van der Waals surface area contributed by atoms with E-state index in [9.17, 15) is 0 Å². The van der Waals surface area contributed by atoms with Gasteiger partial charge in [0.15, 0.2) is 11.0 Å². The highest BCUT2D eigenvalue weighted by Gasteiger charge is 2.40. The Balaban J connectivity index is 1.26. The van der Waals surface area contributed by atoms with E-state index in [0.29, 0.717) is 11.8 Å². The first-order valence-corrected chi connectivity index (χ1v) is 13.1. The van der Waals surface area contributed by atoms with E-state index in [0.717, 1.165) is 59.1 Å². The van der Waals surface area contributed by atoms with Crippen LogP contribution in [0.5, 0.6) is 5.75 Å². The molecule has 4 rings (SSSR count). The predicted molar refractivity (Wildman–Crippen MR) is 137 cm³/mol. The summed E-state index contributed by atoms with van der Waals surface area (Å²) < 4.78 is 7.67. The molecule has 0 amide bonds. The summed E-state index contributed by atoms with van der Waals surface area (Å²) in [4.78, 5) is 2.62. The maximum atomic E-state index is 6.25. The first kappa shape index (κ1) is 24.1. The molecule has 5 nitrogen and oxygen atoms in total. The highest BCUT2D eigenvalue weighted by molar-refractivity contribution is 7.99. The Labute approximate surface area is 206 Å². The van der Waals surface area contributed by atoms with Gasteiger partial charge < -0.3 is 14.2 Å². The zero-order valence-electron chi connectivity index (χ0n) is 19.7. The van der Waals surface area contributed by atoms with Crippen molar-refractivity contribution in [2.45, 2.75) is 37.3 Å². The van der Waals surface area contributed by atoms with E-state index in [4.69, 9.17) is 16.3 Å². The fourth-order valence-electron chi connectivity index (χ4n) is 4.50. The van der Waals surface area contributed by atoms with Crippen LogP contribution >= 0.6 is 23.4 Å². The number of ether oxygens (including phenoxy) is 1. The number of aromatic nitrogens is 3. The van der Waals surface area contributed by atoms with Crippen LogP contribution < -0.4 is 4.74 Å². The van der Waals surface area contributed by atoms with Gasteiger partial charge in [0.05, 0.1) is 7.11 Å². The van der Waals surface area contributed by atoms with Crippen molar-refractivity contribution in [2.75, 3.05) is 32.5 Å². The summed E-state index contributed by atoms with van der Waals surface area (Å²) in [6, 6.07) is 16.2. The van der Waals surface area contributed by atoms with Gasteiger partial charge >= 0.3 is 0 Å². The van der Waals surface area contributed by atoms with E-state index < -0.39 is 0 Å². The quantitative estimate of drug-likeness (QED) is 0.228. The van der Waals surface area contributed by atoms with Crippen molar-refractivity contribution < 1.29 is 4.74 Å². The van der Waals surface area contributed by atoms with Crippen molar-refractivity contribution in [2.24, 2.45) is 13.0 Å². The van der Waals surface area contributed by atoms with Gasteiger partial charge in [0.1, 0.15) is 5.75 Å². The Kier molecular flexibility index (Phi) is 8.34. The summed E-state index contributed by atoms with van der Waals surface area (Å²) in [6.45, 7) is 5.65. The molecule has 0 N–H and O–H groups in total. The van der Waals surface area contributed by atoms with Crippen LogP contribution in [0.1, 0.15) is 37.7 Å². The van der Waals surface area contributed by atoms with Gasteiger partial charge in [-0.15, -0.1) is 10.2 Å². The van der Waals surface area contributed by atoms with Crippen molar-refractivity contribution in [3.05, 3.63) is 59.1 Å². The normalized spacial score (nSPS) is 17.5. The van der Waals surface area contributed by atoms with E-state index in [1.165, 1.54) is 18.4 Å². The summed E-state index contributed by atoms with van der Waals surface area (Å²) in [7, 11) is 3.79. The fourth-order valence-corrected chi connectivity index (χ4v) is 5.51. The molecule has 0 bridgehead atoms. The van der Waals surface area contributed by atoms with Gasteiger partial charge in [-0.3, -0.25) is 0 Å². The second kappa shape index (κ2) is 11.4. The van der Waals surface area contributed by atoms with E-state index in [-0.39, 0.29) is 0 Å². The Morgan fingerprint density at radius 3 is 2.73 bits per heavy atom. The zero-order valence-corrected chi connectivity index (χ0v) is 21.3. The number of methoxy groups -OCH3 is 1. The van der Waals surface area contributed by atoms with Crippen LogP contribution in [0.15, 0.2) is 53.7 Å². The zero-order chi connectivity index (χ0) is 23.2. The van der Waals surface area contributed by atoms with Crippen molar-refractivity contribution >= 4 is 23.4 Å². The van der Waals surface area contributed by atoms with Gasteiger partial charge in [-0.25, -0.2) is 0 Å². The van der Waals surface area contributed by atoms with Crippen molar-refractivity contribution in [3.63, 3.8) is 0 Å². The van der Waals surface area contributed by atoms with Crippen LogP contribution in [-0.4, -0.2) is 52.2 Å². The minimum Gasteiger partial charge on any atom is -0.496 e. The summed E-state index contributed by atoms with van der Waals surface area (Å²) in [5, 5.41) is 10.6. The highest BCUT2D eigenvalue weighted by atomic mass is 35.5. The topological polar surface area (TPSA) is 43.2 Å². The molecular weight excluding hydrogens is 452 g/mol. The first-order valence-electron chi connectivity index (χ1n) is 11.7. The predicted octanol–water partition coefficient (Wildman–Crippen LogP) is 6.14. The van der Waals surface area contributed by atoms with Crippen LogP contribution in [-0.2, 0) is 7.05 Å². The third kappa shape index (κ3) is 6.11. The Hall–Kier alpha value is -2.02. The van der Waals surface area contributed by atoms with Gasteiger partial charge in [-0.2, -0.15) is 0 Å². The van der Waals surface area contributed by atoms with E-state index >= 15 is 0 Å². The number of thioether (sulfide) groups is 1. The average Bonchev–Trinajstić information content (AvgIpc) is 3.50. The number of nitrogens with zero attached hydrogens (tertiary/aromatic N) is 4. The van der Waals surface area contributed by atoms with Crippen LogP contribution in [0.25, 0.3) is 11.4 Å². The lowest BCUT2D eigenvalue weighted by molar-refractivity contribution is 0.262. The number of hydrogen-bond donors (Lipinski definition) is 0. The molecule has 1 aliphatic rings. The molecule has 2 unspecified atom stereocenters. The Bertz CT molecular complexity index is 1040. The molecule has 2 aromatic carbocycles. The second-order valence-electron chi connectivity index (χ2n) is 8.72. The van der Waals surface area contributed by atoms with Gasteiger partial charge in [0.2, 0.25) is 0 Å². The van der Waals surface area contributed by atoms with Gasteiger partial charge in [0.25, 0.3) is 0 Å². The number of hydrogen-bond acceptors (Lipinski definition) is 5. The lowest BCUT2D eigenvalue weighted by Crippen LogP contribution is -2.28. The number of benzene rings is 2. The molecular formula is C26H33ClN4OS. The third-order valence-electron chi connectivity index (χ3n) is 6.26. The molecule has 0 spiro atoms. The second-order valence-corrected chi connectivity index (χ2v) is 10.2. The molecule has 0 radical (unpaired) electrons. The summed E-state index contributed by atoms with van der Waals surface area (Å²) in [5.74, 6) is 4.16. The number of rotatable bonds is 12. The van der Waals surface area contributed by atoms with Crippen LogP contribution in [0.3, 0.4) is 0 Å². The first-order chi connectivity index (χ1) is 16.1. The molecule has 2 atom stereocenters. The Morgan fingerprint density at radius 1 is 1.15 bits per heavy atom. The summed E-state index contributed by atoms with van der Waals surface area (Å²) in [6.07, 6.45) is 3.53. The van der Waals surface area contributed by atoms with Crippen LogP contribution in [0.2, 0.25) is 5.02 Å². The molecule has 3 aromatic rings. The third-order valence-corrected chi connectivity index (χ3v) is 7.60.